The second-order valence-electron chi connectivity index (χ2n) is 5.81. The number of urea groups is 1. The highest BCUT2D eigenvalue weighted by atomic mass is 79.9. The average molecular weight is 407 g/mol. The molecular formula is C18H16BrFN2O3. The number of anilines is 1. The number of carbonyl (C=O) groups is 2. The summed E-state index contributed by atoms with van der Waals surface area (Å²) in [6.45, 7) is 0.374. The zero-order valence-corrected chi connectivity index (χ0v) is 14.8. The van der Waals surface area contributed by atoms with E-state index in [1.165, 1.54) is 17.0 Å². The molecule has 0 fully saturated rings. The van der Waals surface area contributed by atoms with Gasteiger partial charge in [-0.25, -0.2) is 9.18 Å². The molecule has 2 aromatic carbocycles. The summed E-state index contributed by atoms with van der Waals surface area (Å²) < 4.78 is 14.5. The van der Waals surface area contributed by atoms with Gasteiger partial charge in [0.15, 0.2) is 0 Å². The number of amides is 2. The quantitative estimate of drug-likeness (QED) is 0.802. The van der Waals surface area contributed by atoms with Gasteiger partial charge in [-0.15, -0.1) is 0 Å². The van der Waals surface area contributed by atoms with Crippen LogP contribution in [0.2, 0.25) is 0 Å². The maximum atomic E-state index is 14.0. The Hall–Kier alpha value is -2.41. The summed E-state index contributed by atoms with van der Waals surface area (Å²) in [6.07, 6.45) is 0.426. The van der Waals surface area contributed by atoms with Crippen LogP contribution in [-0.4, -0.2) is 28.6 Å². The predicted octanol–water partition coefficient (Wildman–Crippen LogP) is 4.19. The first-order chi connectivity index (χ1) is 12.0. The Morgan fingerprint density at radius 1 is 1.28 bits per heavy atom. The van der Waals surface area contributed by atoms with Crippen LogP contribution in [0.25, 0.3) is 0 Å². The molecule has 0 aliphatic carbocycles. The van der Waals surface area contributed by atoms with E-state index in [0.717, 1.165) is 11.1 Å². The molecule has 0 saturated heterocycles. The number of nitrogens with zero attached hydrogens (tertiary/aromatic N) is 1. The second kappa shape index (κ2) is 7.23. The molecule has 0 saturated carbocycles. The molecule has 0 bridgehead atoms. The monoisotopic (exact) mass is 406 g/mol. The maximum absolute atomic E-state index is 14.0. The molecule has 0 unspecified atom stereocenters. The molecular weight excluding hydrogens is 391 g/mol. The molecule has 3 rings (SSSR count). The predicted molar refractivity (Wildman–Crippen MR) is 95.0 cm³/mol. The van der Waals surface area contributed by atoms with E-state index in [1.54, 1.807) is 6.07 Å². The molecule has 130 valence electrons. The lowest BCUT2D eigenvalue weighted by Gasteiger charge is -2.36. The number of aliphatic carboxylic acids is 1. The van der Waals surface area contributed by atoms with Gasteiger partial charge >= 0.3 is 12.0 Å². The third-order valence-corrected chi connectivity index (χ3v) is 4.71. The Balaban J connectivity index is 1.86. The maximum Gasteiger partial charge on any atom is 0.322 e. The number of benzene rings is 2. The number of carboxylic acids is 1. The molecule has 2 N–H and O–H groups in total. The van der Waals surface area contributed by atoms with Crippen molar-refractivity contribution in [2.75, 3.05) is 11.9 Å². The first-order valence-corrected chi connectivity index (χ1v) is 8.57. The molecule has 0 radical (unpaired) electrons. The van der Waals surface area contributed by atoms with E-state index < -0.39 is 23.9 Å². The summed E-state index contributed by atoms with van der Waals surface area (Å²) in [6, 6.07) is 10.7. The highest BCUT2D eigenvalue weighted by molar-refractivity contribution is 9.10. The second-order valence-corrected chi connectivity index (χ2v) is 6.73. The van der Waals surface area contributed by atoms with Gasteiger partial charge in [0.2, 0.25) is 0 Å². The number of halogens is 2. The Labute approximate surface area is 152 Å². The molecule has 0 spiro atoms. The zero-order chi connectivity index (χ0) is 18.0. The number of fused-ring (bicyclic) bond motifs is 1. The third kappa shape index (κ3) is 3.82. The number of carbonyl (C=O) groups excluding carboxylic acids is 1. The Morgan fingerprint density at radius 3 is 2.76 bits per heavy atom. The van der Waals surface area contributed by atoms with Gasteiger partial charge in [0.25, 0.3) is 0 Å². The minimum absolute atomic E-state index is 0.0566. The molecule has 5 nitrogen and oxygen atoms in total. The van der Waals surface area contributed by atoms with E-state index in [4.69, 9.17) is 0 Å². The number of hydrogen-bond acceptors (Lipinski definition) is 2. The Morgan fingerprint density at radius 2 is 2.04 bits per heavy atom. The largest absolute Gasteiger partial charge is 0.481 e. The van der Waals surface area contributed by atoms with Crippen molar-refractivity contribution in [2.24, 2.45) is 0 Å². The lowest BCUT2D eigenvalue weighted by molar-refractivity contribution is -0.138. The van der Waals surface area contributed by atoms with Crippen LogP contribution >= 0.6 is 15.9 Å². The van der Waals surface area contributed by atoms with Crippen molar-refractivity contribution in [2.45, 2.75) is 18.9 Å². The van der Waals surface area contributed by atoms with Crippen molar-refractivity contribution in [3.8, 4) is 0 Å². The summed E-state index contributed by atoms with van der Waals surface area (Å²) in [5.74, 6) is -1.55. The van der Waals surface area contributed by atoms with Gasteiger partial charge in [-0.1, -0.05) is 40.2 Å². The minimum atomic E-state index is -0.991. The lowest BCUT2D eigenvalue weighted by Crippen LogP contribution is -2.43. The summed E-state index contributed by atoms with van der Waals surface area (Å²) in [7, 11) is 0. The molecule has 1 aliphatic heterocycles. The number of hydrogen-bond donors (Lipinski definition) is 2. The van der Waals surface area contributed by atoms with E-state index in [-0.39, 0.29) is 12.1 Å². The number of carboxylic acid groups (broad SMARTS) is 1. The highest BCUT2D eigenvalue weighted by Gasteiger charge is 2.32. The standard InChI is InChI=1S/C18H16BrFN2O3/c19-12-5-6-15(14(20)9-12)21-18(25)22-8-7-11-3-1-2-4-13(11)16(22)10-17(23)24/h1-6,9,16H,7-8,10H2,(H,21,25)(H,23,24)/t16-/m0/s1. The van der Waals surface area contributed by atoms with Crippen LogP contribution in [0.15, 0.2) is 46.9 Å². The van der Waals surface area contributed by atoms with Crippen LogP contribution in [0.4, 0.5) is 14.9 Å². The van der Waals surface area contributed by atoms with Crippen molar-refractivity contribution >= 4 is 33.6 Å². The Bertz CT molecular complexity index is 828. The zero-order valence-electron chi connectivity index (χ0n) is 13.2. The van der Waals surface area contributed by atoms with Crippen LogP contribution in [-0.2, 0) is 11.2 Å². The van der Waals surface area contributed by atoms with Crippen LogP contribution in [0, 0.1) is 5.82 Å². The van der Waals surface area contributed by atoms with Crippen molar-refractivity contribution in [3.63, 3.8) is 0 Å². The van der Waals surface area contributed by atoms with Gasteiger partial charge in [0.05, 0.1) is 18.2 Å². The topological polar surface area (TPSA) is 69.6 Å². The summed E-state index contributed by atoms with van der Waals surface area (Å²) in [5, 5.41) is 11.8. The molecule has 1 atom stereocenters. The fourth-order valence-corrected chi connectivity index (χ4v) is 3.39. The molecule has 2 amide bonds. The van der Waals surface area contributed by atoms with Gasteiger partial charge in [-0.05, 0) is 35.7 Å². The Kier molecular flexibility index (Phi) is 5.03. The highest BCUT2D eigenvalue weighted by Crippen LogP contribution is 2.33. The molecule has 25 heavy (non-hydrogen) atoms. The third-order valence-electron chi connectivity index (χ3n) is 4.21. The van der Waals surface area contributed by atoms with E-state index in [2.05, 4.69) is 21.2 Å². The molecule has 1 aliphatic rings. The number of nitrogens with one attached hydrogen (secondary N) is 1. The SMILES string of the molecule is O=C(O)C[C@H]1c2ccccc2CCN1C(=O)Nc1ccc(Br)cc1F. The van der Waals surface area contributed by atoms with Gasteiger partial charge in [0, 0.05) is 11.0 Å². The molecule has 1 heterocycles. The van der Waals surface area contributed by atoms with Crippen molar-refractivity contribution in [3.05, 3.63) is 63.9 Å². The van der Waals surface area contributed by atoms with Crippen LogP contribution in [0.3, 0.4) is 0 Å². The summed E-state index contributed by atoms with van der Waals surface area (Å²) in [4.78, 5) is 25.4. The van der Waals surface area contributed by atoms with Crippen LogP contribution in [0.5, 0.6) is 0 Å². The normalized spacial score (nSPS) is 16.2. The fraction of sp³-hybridized carbons (Fsp3) is 0.222. The van der Waals surface area contributed by atoms with E-state index in [9.17, 15) is 19.1 Å². The summed E-state index contributed by atoms with van der Waals surface area (Å²) >= 11 is 3.17. The average Bonchev–Trinajstić information content (AvgIpc) is 2.57. The molecule has 0 aromatic heterocycles. The smallest absolute Gasteiger partial charge is 0.322 e. The van der Waals surface area contributed by atoms with Crippen LogP contribution < -0.4 is 5.32 Å². The lowest BCUT2D eigenvalue weighted by atomic mass is 9.91. The fourth-order valence-electron chi connectivity index (χ4n) is 3.06. The van der Waals surface area contributed by atoms with Gasteiger partial charge < -0.3 is 15.3 Å². The van der Waals surface area contributed by atoms with Gasteiger partial charge in [-0.3, -0.25) is 4.79 Å². The van der Waals surface area contributed by atoms with E-state index in [0.29, 0.717) is 17.4 Å². The first-order valence-electron chi connectivity index (χ1n) is 7.78. The van der Waals surface area contributed by atoms with Crippen LogP contribution in [0.1, 0.15) is 23.6 Å². The number of rotatable bonds is 3. The van der Waals surface area contributed by atoms with Gasteiger partial charge in [0.1, 0.15) is 5.82 Å². The van der Waals surface area contributed by atoms with Crippen molar-refractivity contribution < 1.29 is 19.1 Å². The van der Waals surface area contributed by atoms with Crippen molar-refractivity contribution in [1.82, 2.24) is 4.90 Å². The minimum Gasteiger partial charge on any atom is -0.481 e. The van der Waals surface area contributed by atoms with E-state index >= 15 is 0 Å². The van der Waals surface area contributed by atoms with Crippen molar-refractivity contribution in [1.29, 1.82) is 0 Å². The molecule has 2 aromatic rings. The molecule has 7 heteroatoms. The summed E-state index contributed by atoms with van der Waals surface area (Å²) in [5.41, 5.74) is 1.91. The van der Waals surface area contributed by atoms with E-state index in [1.807, 2.05) is 24.3 Å². The van der Waals surface area contributed by atoms with Gasteiger partial charge in [-0.2, -0.15) is 0 Å². The first kappa shape index (κ1) is 17.4.